The second-order valence-electron chi connectivity index (χ2n) is 3.82. The minimum atomic E-state index is -4.11. The monoisotopic (exact) mass is 501 g/mol. The third-order valence-corrected chi connectivity index (χ3v) is 18.0. The number of nitrogens with two attached hydrogens (primary N) is 1. The minimum absolute atomic E-state index is 0.0879. The molecule has 1 heterocycles. The molecule has 0 spiro atoms. The Morgan fingerprint density at radius 1 is 1.68 bits per heavy atom. The van der Waals surface area contributed by atoms with Gasteiger partial charge in [-0.25, -0.2) is 0 Å². The molecule has 0 fully saturated rings. The molecule has 0 aromatic carbocycles. The van der Waals surface area contributed by atoms with Gasteiger partial charge in [-0.2, -0.15) is 0 Å². The second kappa shape index (κ2) is 7.01. The van der Waals surface area contributed by atoms with Crippen molar-refractivity contribution in [2.24, 2.45) is 0 Å². The van der Waals surface area contributed by atoms with Gasteiger partial charge in [0.2, 0.25) is 0 Å². The van der Waals surface area contributed by atoms with Crippen molar-refractivity contribution >= 4 is 36.9 Å². The zero-order chi connectivity index (χ0) is 14.6. The van der Waals surface area contributed by atoms with Gasteiger partial charge in [-0.1, -0.05) is 0 Å². The maximum absolute atomic E-state index is 11.5. The Balaban J connectivity index is 2.54. The van der Waals surface area contributed by atoms with Gasteiger partial charge in [0.05, 0.1) is 0 Å². The molecule has 1 aromatic rings. The van der Waals surface area contributed by atoms with Crippen LogP contribution in [0.2, 0.25) is 0 Å². The van der Waals surface area contributed by atoms with Crippen LogP contribution in [-0.2, 0) is 14.4 Å². The second-order valence-corrected chi connectivity index (χ2v) is 26.3. The van der Waals surface area contributed by atoms with E-state index in [2.05, 4.69) is 4.98 Å². The molecule has 0 aliphatic carbocycles. The Morgan fingerprint density at radius 2 is 2.32 bits per heavy atom. The summed E-state index contributed by atoms with van der Waals surface area (Å²) in [5.74, 6) is 0.147. The van der Waals surface area contributed by atoms with Gasteiger partial charge in [0, 0.05) is 0 Å². The summed E-state index contributed by atoms with van der Waals surface area (Å²) >= 11 is -7.02. The van der Waals surface area contributed by atoms with E-state index in [9.17, 15) is 14.7 Å². The molecule has 2 atom stereocenters. The molecule has 4 N–H and O–H groups in total. The van der Waals surface area contributed by atoms with Crippen LogP contribution in [0.4, 0.5) is 5.82 Å². The van der Waals surface area contributed by atoms with Crippen molar-refractivity contribution < 1.29 is 14.7 Å². The number of halogens is 2. The number of nitrogens with zero attached hydrogens (tertiary/aromatic N) is 2. The Kier molecular flexibility index (Phi) is 6.22. The summed E-state index contributed by atoms with van der Waals surface area (Å²) in [6, 6.07) is 1.50. The van der Waals surface area contributed by atoms with Crippen molar-refractivity contribution in [1.29, 1.82) is 0 Å². The summed E-state index contributed by atoms with van der Waals surface area (Å²) < 4.78 is 36.6. The van der Waals surface area contributed by atoms with Crippen molar-refractivity contribution in [1.82, 2.24) is 9.55 Å². The van der Waals surface area contributed by atoms with E-state index in [4.69, 9.17) is 10.5 Å². The van der Waals surface area contributed by atoms with E-state index >= 15 is 0 Å². The fourth-order valence-corrected chi connectivity index (χ4v) is 6.34. The molecule has 0 bridgehead atoms. The van der Waals surface area contributed by atoms with Gasteiger partial charge in [0.15, 0.2) is 0 Å². The van der Waals surface area contributed by atoms with Crippen molar-refractivity contribution in [2.75, 3.05) is 15.3 Å². The molecular weight excluding hydrogens is 484 g/mol. The molecule has 0 saturated heterocycles. The fourth-order valence-electron chi connectivity index (χ4n) is 1.15. The van der Waals surface area contributed by atoms with Gasteiger partial charge in [0.25, 0.3) is 0 Å². The molecule has 8 nitrogen and oxygen atoms in total. The van der Waals surface area contributed by atoms with E-state index < -0.39 is 36.8 Å². The molecule has 112 valence electrons. The molecular formula is C9H17I2N3O5. The number of alkyl halides is 2. The fraction of sp³-hybridized carbons (Fsp3) is 0.556. The van der Waals surface area contributed by atoms with Crippen LogP contribution < -0.4 is 11.4 Å². The summed E-state index contributed by atoms with van der Waals surface area (Å²) in [5, 5.41) is 0. The number of rotatable bonds is 6. The molecule has 1 aromatic heterocycles. The first-order valence-corrected chi connectivity index (χ1v) is 17.9. The first-order chi connectivity index (χ1) is 8.70. The van der Waals surface area contributed by atoms with E-state index in [1.807, 2.05) is 0 Å². The van der Waals surface area contributed by atoms with Gasteiger partial charge in [-0.3, -0.25) is 0 Å². The van der Waals surface area contributed by atoms with Crippen LogP contribution in [0.25, 0.3) is 0 Å². The molecule has 10 heteroatoms. The SMILES string of the molecule is C[C@H](Cn1ccc(N)nc1=O)OCI(O)I(C)(=O)O. The predicted molar refractivity (Wildman–Crippen MR) is 87.4 cm³/mol. The van der Waals surface area contributed by atoms with E-state index in [1.165, 1.54) is 21.8 Å². The van der Waals surface area contributed by atoms with Crippen molar-refractivity contribution in [3.63, 3.8) is 0 Å². The molecule has 1 unspecified atom stereocenters. The maximum atomic E-state index is 11.5. The van der Waals surface area contributed by atoms with Crippen LogP contribution in [0, 0.1) is 0 Å². The van der Waals surface area contributed by atoms with Crippen LogP contribution >= 0.6 is 31.1 Å². The standard InChI is InChI=1S/C9H17I2N3O5/c1-7(19-6-10(16)11(2,17)18)5-14-4-3-8(12)13-9(14)15/h3-4,7,16H,5-6H2,1-2H3,(H,17,18)(H2,12,13,15)/t7-/m1/s1. The van der Waals surface area contributed by atoms with E-state index in [0.717, 1.165) is 0 Å². The van der Waals surface area contributed by atoms with Crippen LogP contribution in [0.3, 0.4) is 0 Å². The first kappa shape index (κ1) is 16.9. The summed E-state index contributed by atoms with van der Waals surface area (Å²) in [5.41, 5.74) is 4.88. The Labute approximate surface area is 118 Å². The average molecular weight is 501 g/mol. The molecule has 0 saturated carbocycles. The molecule has 19 heavy (non-hydrogen) atoms. The topological polar surface area (TPSA) is 128 Å². The number of anilines is 1. The average Bonchev–Trinajstić information content (AvgIpc) is 2.28. The predicted octanol–water partition coefficient (Wildman–Crippen LogP) is 0.442. The molecule has 0 radical (unpaired) electrons. The number of nitrogen functional groups attached to an aromatic ring is 1. The van der Waals surface area contributed by atoms with Crippen LogP contribution in [0.5, 0.6) is 0 Å². The van der Waals surface area contributed by atoms with Crippen LogP contribution in [-0.4, -0.2) is 32.1 Å². The van der Waals surface area contributed by atoms with Crippen molar-refractivity contribution in [2.45, 2.75) is 19.6 Å². The van der Waals surface area contributed by atoms with Gasteiger partial charge >= 0.3 is 119 Å². The zero-order valence-electron chi connectivity index (χ0n) is 10.5. The Morgan fingerprint density at radius 3 is 2.84 bits per heavy atom. The zero-order valence-corrected chi connectivity index (χ0v) is 14.8. The Bertz CT molecular complexity index is 529. The van der Waals surface area contributed by atoms with Gasteiger partial charge in [-0.15, -0.1) is 0 Å². The number of ether oxygens (including phenoxy) is 1. The number of hydrogen-bond acceptors (Lipinski definition) is 6. The van der Waals surface area contributed by atoms with Gasteiger partial charge in [0.1, 0.15) is 0 Å². The molecule has 1 rings (SSSR count). The summed E-state index contributed by atoms with van der Waals surface area (Å²) in [4.78, 5) is 16.2. The molecule has 0 aliphatic heterocycles. The summed E-state index contributed by atoms with van der Waals surface area (Å²) in [6.07, 6.45) is 1.12. The summed E-state index contributed by atoms with van der Waals surface area (Å²) in [6.45, 7) is 1.95. The van der Waals surface area contributed by atoms with Crippen molar-refractivity contribution in [3.8, 4) is 0 Å². The third kappa shape index (κ3) is 5.76. The molecule has 0 amide bonds. The normalized spacial score (nSPS) is 18.4. The van der Waals surface area contributed by atoms with E-state index in [0.29, 0.717) is 0 Å². The van der Waals surface area contributed by atoms with E-state index in [1.54, 1.807) is 6.92 Å². The quantitative estimate of drug-likeness (QED) is 0.382. The van der Waals surface area contributed by atoms with Crippen molar-refractivity contribution in [3.05, 3.63) is 22.7 Å². The van der Waals surface area contributed by atoms with Crippen LogP contribution in [0.15, 0.2) is 17.1 Å². The Hall–Kier alpha value is -0.180. The number of aromatic nitrogens is 2. The molecule has 0 aliphatic rings. The van der Waals surface area contributed by atoms with E-state index in [-0.39, 0.29) is 23.1 Å². The third-order valence-electron chi connectivity index (χ3n) is 2.09. The van der Waals surface area contributed by atoms with Crippen LogP contribution in [0.1, 0.15) is 6.92 Å². The number of hydrogen-bond donors (Lipinski definition) is 3. The van der Waals surface area contributed by atoms with Gasteiger partial charge < -0.3 is 0 Å². The first-order valence-electron chi connectivity index (χ1n) is 5.15. The van der Waals surface area contributed by atoms with Gasteiger partial charge in [-0.05, 0) is 0 Å². The summed E-state index contributed by atoms with van der Waals surface area (Å²) in [7, 11) is 0.